The number of carbonyl (C=O) groups excluding carboxylic acids is 2. The summed E-state index contributed by atoms with van der Waals surface area (Å²) < 4.78 is -0.139. The largest absolute Gasteiger partial charge is 0.356 e. The van der Waals surface area contributed by atoms with Gasteiger partial charge < -0.3 is 0 Å². The SMILES string of the molecule is CCCCCCCC1C(=O)N[N+](CSC)(c2cccc(Cl)c2)C1=O. The Hall–Kier alpha value is -1.04. The number of quaternary nitrogens is 1. The van der Waals surface area contributed by atoms with Crippen molar-refractivity contribution < 1.29 is 9.59 Å². The minimum Gasteiger partial charge on any atom is -0.269 e. The van der Waals surface area contributed by atoms with Gasteiger partial charge >= 0.3 is 5.91 Å². The van der Waals surface area contributed by atoms with E-state index in [4.69, 9.17) is 11.6 Å². The van der Waals surface area contributed by atoms with E-state index in [9.17, 15) is 9.59 Å². The van der Waals surface area contributed by atoms with Crippen molar-refractivity contribution in [1.29, 1.82) is 0 Å². The Kier molecular flexibility index (Phi) is 7.14. The summed E-state index contributed by atoms with van der Waals surface area (Å²) in [6.07, 6.45) is 8.11. The minimum atomic E-state index is -0.558. The van der Waals surface area contributed by atoms with E-state index in [1.54, 1.807) is 12.1 Å². The molecule has 1 N–H and O–H groups in total. The first-order chi connectivity index (χ1) is 11.5. The normalized spacial score (nSPS) is 23.5. The minimum absolute atomic E-state index is 0.0629. The molecule has 2 atom stereocenters. The second-order valence-corrected chi connectivity index (χ2v) is 7.55. The lowest BCUT2D eigenvalue weighted by Crippen LogP contribution is -2.58. The molecule has 1 aromatic carbocycles. The zero-order chi connectivity index (χ0) is 17.6. The topological polar surface area (TPSA) is 46.2 Å². The maximum absolute atomic E-state index is 13.1. The number of rotatable bonds is 9. The van der Waals surface area contributed by atoms with Crippen molar-refractivity contribution in [2.45, 2.75) is 45.4 Å². The van der Waals surface area contributed by atoms with Gasteiger partial charge in [0.2, 0.25) is 0 Å². The van der Waals surface area contributed by atoms with Crippen LogP contribution in [-0.2, 0) is 9.59 Å². The number of nitrogens with zero attached hydrogens (tertiary/aromatic N) is 1. The molecule has 2 rings (SSSR count). The molecular formula is C18H26ClN2O2S+. The Bertz CT molecular complexity index is 596. The molecule has 2 amide bonds. The summed E-state index contributed by atoms with van der Waals surface area (Å²) in [5, 5.41) is 0.566. The van der Waals surface area contributed by atoms with Crippen molar-refractivity contribution in [2.75, 3.05) is 12.1 Å². The average Bonchev–Trinajstić information content (AvgIpc) is 2.80. The van der Waals surface area contributed by atoms with Gasteiger partial charge in [-0.05, 0) is 18.7 Å². The lowest BCUT2D eigenvalue weighted by molar-refractivity contribution is -0.131. The van der Waals surface area contributed by atoms with Crippen LogP contribution in [0.4, 0.5) is 5.69 Å². The molecule has 2 unspecified atom stereocenters. The van der Waals surface area contributed by atoms with Gasteiger partial charge in [0.15, 0.2) is 17.5 Å². The summed E-state index contributed by atoms with van der Waals surface area (Å²) in [7, 11) is 0. The Morgan fingerprint density at radius 2 is 1.96 bits per heavy atom. The van der Waals surface area contributed by atoms with Crippen LogP contribution in [0.3, 0.4) is 0 Å². The summed E-state index contributed by atoms with van der Waals surface area (Å²) in [6.45, 7) is 2.17. The lowest BCUT2D eigenvalue weighted by atomic mass is 9.99. The highest BCUT2D eigenvalue weighted by Crippen LogP contribution is 2.33. The van der Waals surface area contributed by atoms with E-state index in [2.05, 4.69) is 12.3 Å². The maximum Gasteiger partial charge on any atom is 0.356 e. The van der Waals surface area contributed by atoms with Crippen molar-refractivity contribution >= 4 is 40.9 Å². The second-order valence-electron chi connectivity index (χ2n) is 6.28. The van der Waals surface area contributed by atoms with Gasteiger partial charge in [-0.25, -0.2) is 4.79 Å². The molecule has 1 heterocycles. The van der Waals surface area contributed by atoms with E-state index in [0.717, 1.165) is 24.9 Å². The Morgan fingerprint density at radius 3 is 2.62 bits per heavy atom. The molecule has 1 aliphatic heterocycles. The van der Waals surface area contributed by atoms with Crippen LogP contribution in [-0.4, -0.2) is 23.9 Å². The van der Waals surface area contributed by atoms with Crippen LogP contribution >= 0.6 is 23.4 Å². The van der Waals surface area contributed by atoms with Crippen molar-refractivity contribution in [3.05, 3.63) is 29.3 Å². The van der Waals surface area contributed by atoms with E-state index < -0.39 is 5.92 Å². The molecule has 0 radical (unpaired) electrons. The van der Waals surface area contributed by atoms with Crippen LogP contribution in [0.15, 0.2) is 24.3 Å². The molecule has 6 heteroatoms. The fraction of sp³-hybridized carbons (Fsp3) is 0.556. The predicted octanol–water partition coefficient (Wildman–Crippen LogP) is 4.52. The number of benzene rings is 1. The van der Waals surface area contributed by atoms with E-state index in [1.165, 1.54) is 24.6 Å². The number of amides is 2. The van der Waals surface area contributed by atoms with Crippen LogP contribution < -0.4 is 10.0 Å². The highest BCUT2D eigenvalue weighted by molar-refractivity contribution is 7.98. The van der Waals surface area contributed by atoms with Crippen LogP contribution in [0.2, 0.25) is 5.02 Å². The number of nitrogens with one attached hydrogen (secondary N) is 1. The van der Waals surface area contributed by atoms with E-state index in [0.29, 0.717) is 17.3 Å². The zero-order valence-electron chi connectivity index (χ0n) is 14.4. The summed E-state index contributed by atoms with van der Waals surface area (Å²) >= 11 is 7.63. The van der Waals surface area contributed by atoms with Crippen LogP contribution in [0.1, 0.15) is 45.4 Å². The molecule has 1 aliphatic rings. The van der Waals surface area contributed by atoms with E-state index in [-0.39, 0.29) is 16.4 Å². The average molecular weight is 370 g/mol. The van der Waals surface area contributed by atoms with Gasteiger partial charge in [-0.15, -0.1) is 16.4 Å². The van der Waals surface area contributed by atoms with Gasteiger partial charge in [0.05, 0.1) is 0 Å². The summed E-state index contributed by atoms with van der Waals surface area (Å²) in [6, 6.07) is 7.20. The number of halogens is 1. The van der Waals surface area contributed by atoms with Crippen molar-refractivity contribution in [3.63, 3.8) is 0 Å². The first-order valence-corrected chi connectivity index (χ1v) is 10.3. The molecule has 0 spiro atoms. The smallest absolute Gasteiger partial charge is 0.269 e. The Morgan fingerprint density at radius 1 is 1.21 bits per heavy atom. The fourth-order valence-corrected chi connectivity index (χ4v) is 4.09. The summed E-state index contributed by atoms with van der Waals surface area (Å²) in [4.78, 5) is 25.6. The number of unbranched alkanes of at least 4 members (excludes halogenated alkanes) is 4. The van der Waals surface area contributed by atoms with Gasteiger partial charge in [0, 0.05) is 17.2 Å². The summed E-state index contributed by atoms with van der Waals surface area (Å²) in [5.74, 6) is -0.313. The number of thioether (sulfide) groups is 1. The van der Waals surface area contributed by atoms with Gasteiger partial charge in [-0.2, -0.15) is 5.43 Å². The van der Waals surface area contributed by atoms with Crippen LogP contribution in [0, 0.1) is 5.92 Å². The third-order valence-electron chi connectivity index (χ3n) is 4.46. The van der Waals surface area contributed by atoms with Crippen molar-refractivity contribution in [2.24, 2.45) is 5.92 Å². The molecule has 1 aromatic rings. The molecule has 4 nitrogen and oxygen atoms in total. The van der Waals surface area contributed by atoms with Crippen LogP contribution in [0.25, 0.3) is 0 Å². The highest BCUT2D eigenvalue weighted by Gasteiger charge is 2.55. The first kappa shape index (κ1) is 19.3. The van der Waals surface area contributed by atoms with E-state index >= 15 is 0 Å². The molecule has 0 saturated carbocycles. The lowest BCUT2D eigenvalue weighted by Gasteiger charge is -2.28. The third kappa shape index (κ3) is 4.13. The van der Waals surface area contributed by atoms with Gasteiger partial charge in [-0.3, -0.25) is 4.79 Å². The molecule has 0 aliphatic carbocycles. The third-order valence-corrected chi connectivity index (χ3v) is 5.34. The quantitative estimate of drug-likeness (QED) is 0.395. The second kappa shape index (κ2) is 8.88. The molecule has 1 fully saturated rings. The van der Waals surface area contributed by atoms with Crippen molar-refractivity contribution in [1.82, 2.24) is 10.0 Å². The Labute approximate surface area is 153 Å². The monoisotopic (exact) mass is 369 g/mol. The van der Waals surface area contributed by atoms with E-state index in [1.807, 2.05) is 18.4 Å². The van der Waals surface area contributed by atoms with Gasteiger partial charge in [-0.1, -0.05) is 56.7 Å². The molecule has 0 aromatic heterocycles. The molecular weight excluding hydrogens is 344 g/mol. The molecule has 24 heavy (non-hydrogen) atoms. The highest BCUT2D eigenvalue weighted by atomic mass is 35.5. The van der Waals surface area contributed by atoms with Gasteiger partial charge in [0.1, 0.15) is 0 Å². The summed E-state index contributed by atoms with van der Waals surface area (Å²) in [5.41, 5.74) is 3.66. The fourth-order valence-electron chi connectivity index (χ4n) is 3.18. The van der Waals surface area contributed by atoms with Gasteiger partial charge in [0.25, 0.3) is 5.91 Å². The molecule has 132 valence electrons. The standard InChI is InChI=1S/C18H25ClN2O2S/c1-3-4-5-6-7-11-16-17(22)20-21(13-24-2,18(16)23)15-10-8-9-14(19)12-15/h8-10,12,16H,3-7,11,13H2,1-2H3/p+1. The van der Waals surface area contributed by atoms with Crippen molar-refractivity contribution in [3.8, 4) is 0 Å². The van der Waals surface area contributed by atoms with Crippen LogP contribution in [0.5, 0.6) is 0 Å². The number of carbonyl (C=O) groups is 2. The Balaban J connectivity index is 2.15. The first-order valence-electron chi connectivity index (χ1n) is 8.55. The molecule has 1 saturated heterocycles. The zero-order valence-corrected chi connectivity index (χ0v) is 16.0. The predicted molar refractivity (Wildman–Crippen MR) is 102 cm³/mol. The molecule has 0 bridgehead atoms. The maximum atomic E-state index is 13.1. The number of hydrogen-bond acceptors (Lipinski definition) is 3. The number of hydrogen-bond donors (Lipinski definition) is 1.